The van der Waals surface area contributed by atoms with Gasteiger partial charge in [0, 0.05) is 51.9 Å². The molecule has 1 fully saturated rings. The van der Waals surface area contributed by atoms with Gasteiger partial charge >= 0.3 is 0 Å². The van der Waals surface area contributed by atoms with Crippen molar-refractivity contribution in [3.05, 3.63) is 64.6 Å². The number of nitrogens with zero attached hydrogens (tertiary/aromatic N) is 7. The van der Waals surface area contributed by atoms with E-state index >= 15 is 0 Å². The molecule has 3 heterocycles. The first kappa shape index (κ1) is 27.0. The van der Waals surface area contributed by atoms with Gasteiger partial charge in [0.15, 0.2) is 17.8 Å². The number of methoxy groups -OCH3 is 2. The Hall–Kier alpha value is -4.07. The Morgan fingerprint density at radius 2 is 1.95 bits per heavy atom. The monoisotopic (exact) mass is 522 g/mol. The normalized spacial score (nSPS) is 14.5. The van der Waals surface area contributed by atoms with Crippen LogP contribution in [-0.4, -0.2) is 79.5 Å². The Balaban J connectivity index is 1.30. The van der Waals surface area contributed by atoms with Gasteiger partial charge in [-0.3, -0.25) is 30.1 Å². The summed E-state index contributed by atoms with van der Waals surface area (Å²) in [5, 5.41) is 4.88. The van der Waals surface area contributed by atoms with Crippen molar-refractivity contribution in [2.45, 2.75) is 19.3 Å². The number of aromatic nitrogens is 4. The van der Waals surface area contributed by atoms with Gasteiger partial charge in [-0.25, -0.2) is 9.97 Å². The van der Waals surface area contributed by atoms with Crippen LogP contribution < -0.4 is 41.4 Å². The summed E-state index contributed by atoms with van der Waals surface area (Å²) in [7, 11) is 4.91. The molecule has 0 amide bonds. The number of hydrogen-bond acceptors (Lipinski definition) is 12. The topological polar surface area (TPSA) is 148 Å². The van der Waals surface area contributed by atoms with Crippen molar-refractivity contribution in [1.29, 1.82) is 0 Å². The fourth-order valence-electron chi connectivity index (χ4n) is 3.96. The minimum Gasteiger partial charge on any atom is -0.493 e. The highest BCUT2D eigenvalue weighted by Crippen LogP contribution is 2.27. The number of ether oxygens (including phenoxy) is 2. The van der Waals surface area contributed by atoms with Crippen LogP contribution in [0.25, 0.3) is 0 Å². The van der Waals surface area contributed by atoms with Crippen molar-refractivity contribution in [3.8, 4) is 11.5 Å². The molecule has 13 heteroatoms. The fraction of sp³-hybridized carbons (Fsp3) is 0.400. The second-order valence-corrected chi connectivity index (χ2v) is 8.67. The molecule has 1 saturated heterocycles. The number of piperazine rings is 1. The highest BCUT2D eigenvalue weighted by atomic mass is 16.5. The molecule has 1 unspecified atom stereocenters. The molecule has 1 aliphatic rings. The Bertz CT molecular complexity index is 1280. The number of nitrogens with one attached hydrogen (secondary N) is 2. The van der Waals surface area contributed by atoms with Gasteiger partial charge in [0.25, 0.3) is 5.56 Å². The van der Waals surface area contributed by atoms with Gasteiger partial charge < -0.3 is 19.7 Å². The quantitative estimate of drug-likeness (QED) is 0.178. The van der Waals surface area contributed by atoms with Gasteiger partial charge in [-0.05, 0) is 17.7 Å². The first-order chi connectivity index (χ1) is 18.5. The summed E-state index contributed by atoms with van der Waals surface area (Å²) < 4.78 is 12.1. The number of hydrazine groups is 1. The van der Waals surface area contributed by atoms with Crippen molar-refractivity contribution < 1.29 is 9.47 Å². The SMILES string of the molecule is COc1ccc(C/C=N/C(N)NN(C)c2cc(=O)n(Cc3cnc(N4CCNCC4)cn3)cn2)cc1OC. The molecule has 13 nitrogen and oxygen atoms in total. The van der Waals surface area contributed by atoms with E-state index in [1.54, 1.807) is 44.9 Å². The molecule has 4 N–H and O–H groups in total. The van der Waals surface area contributed by atoms with E-state index in [-0.39, 0.29) is 12.1 Å². The van der Waals surface area contributed by atoms with E-state index in [2.05, 4.69) is 35.6 Å². The zero-order chi connectivity index (χ0) is 26.9. The molecule has 38 heavy (non-hydrogen) atoms. The van der Waals surface area contributed by atoms with Gasteiger partial charge in [-0.15, -0.1) is 0 Å². The lowest BCUT2D eigenvalue weighted by Gasteiger charge is -2.28. The summed E-state index contributed by atoms with van der Waals surface area (Å²) in [5.41, 5.74) is 10.5. The van der Waals surface area contributed by atoms with Crippen LogP contribution in [0.4, 0.5) is 11.6 Å². The first-order valence-corrected chi connectivity index (χ1v) is 12.3. The summed E-state index contributed by atoms with van der Waals surface area (Å²) in [6.45, 7) is 3.92. The van der Waals surface area contributed by atoms with Crippen LogP contribution in [0, 0.1) is 0 Å². The molecule has 0 spiro atoms. The van der Waals surface area contributed by atoms with E-state index in [9.17, 15) is 4.79 Å². The molecule has 0 aliphatic carbocycles. The van der Waals surface area contributed by atoms with Crippen LogP contribution in [0.3, 0.4) is 0 Å². The van der Waals surface area contributed by atoms with Gasteiger partial charge in [-0.2, -0.15) is 5.43 Å². The van der Waals surface area contributed by atoms with Gasteiger partial charge in [-0.1, -0.05) is 6.07 Å². The van der Waals surface area contributed by atoms with Crippen LogP contribution in [0.2, 0.25) is 0 Å². The van der Waals surface area contributed by atoms with Crippen LogP contribution in [0.5, 0.6) is 11.5 Å². The Morgan fingerprint density at radius 1 is 1.16 bits per heavy atom. The lowest BCUT2D eigenvalue weighted by molar-refractivity contribution is 0.354. The Kier molecular flexibility index (Phi) is 9.19. The molecule has 1 aromatic carbocycles. The predicted octanol–water partition coefficient (Wildman–Crippen LogP) is 0.00500. The third kappa shape index (κ3) is 7.03. The standard InChI is InChI=1S/C25H34N10O3/c1-33(32-25(26)28-7-6-18-4-5-20(37-2)21(12-18)38-3)22-13-24(36)35(17-31-22)16-19-14-30-23(15-29-19)34-10-8-27-9-11-34/h4-5,7,12-15,17,25,27,32H,6,8-11,16,26H2,1-3H3/b28-7+. The molecular weight excluding hydrogens is 488 g/mol. The largest absolute Gasteiger partial charge is 0.493 e. The first-order valence-electron chi connectivity index (χ1n) is 12.3. The summed E-state index contributed by atoms with van der Waals surface area (Å²) in [5.74, 6) is 2.57. The van der Waals surface area contributed by atoms with Crippen molar-refractivity contribution in [2.24, 2.45) is 10.7 Å². The highest BCUT2D eigenvalue weighted by Gasteiger charge is 2.13. The fourth-order valence-corrected chi connectivity index (χ4v) is 3.96. The zero-order valence-electron chi connectivity index (χ0n) is 21.9. The predicted molar refractivity (Wildman–Crippen MR) is 146 cm³/mol. The smallest absolute Gasteiger partial charge is 0.255 e. The van der Waals surface area contributed by atoms with E-state index in [0.717, 1.165) is 37.6 Å². The third-order valence-corrected chi connectivity index (χ3v) is 6.04. The number of nitrogens with two attached hydrogens (primary N) is 1. The molecule has 3 aromatic rings. The van der Waals surface area contributed by atoms with Crippen molar-refractivity contribution in [1.82, 2.24) is 30.3 Å². The Labute approximate surface area is 221 Å². The van der Waals surface area contributed by atoms with Gasteiger partial charge in [0.1, 0.15) is 18.0 Å². The minimum absolute atomic E-state index is 0.220. The van der Waals surface area contributed by atoms with Crippen LogP contribution in [-0.2, 0) is 13.0 Å². The van der Waals surface area contributed by atoms with E-state index in [0.29, 0.717) is 29.4 Å². The molecular formula is C25H34N10O3. The van der Waals surface area contributed by atoms with Crippen LogP contribution in [0.1, 0.15) is 11.3 Å². The number of benzene rings is 1. The Morgan fingerprint density at radius 3 is 2.63 bits per heavy atom. The number of hydrogen-bond donors (Lipinski definition) is 3. The van der Waals surface area contributed by atoms with E-state index < -0.39 is 6.29 Å². The maximum absolute atomic E-state index is 12.7. The van der Waals surface area contributed by atoms with Crippen molar-refractivity contribution in [2.75, 3.05) is 57.4 Å². The summed E-state index contributed by atoms with van der Waals surface area (Å²) >= 11 is 0. The lowest BCUT2D eigenvalue weighted by atomic mass is 10.1. The van der Waals surface area contributed by atoms with Crippen LogP contribution >= 0.6 is 0 Å². The second-order valence-electron chi connectivity index (χ2n) is 8.67. The maximum Gasteiger partial charge on any atom is 0.255 e. The summed E-state index contributed by atoms with van der Waals surface area (Å²) in [4.78, 5) is 32.6. The number of aliphatic imine (C=N–C) groups is 1. The van der Waals surface area contributed by atoms with E-state index in [4.69, 9.17) is 15.2 Å². The van der Waals surface area contributed by atoms with Crippen LogP contribution in [0.15, 0.2) is 52.8 Å². The second kappa shape index (κ2) is 12.9. The molecule has 202 valence electrons. The number of rotatable bonds is 11. The average molecular weight is 523 g/mol. The van der Waals surface area contributed by atoms with Crippen molar-refractivity contribution in [3.63, 3.8) is 0 Å². The maximum atomic E-state index is 12.7. The minimum atomic E-state index is -0.728. The summed E-state index contributed by atoms with van der Waals surface area (Å²) in [6.07, 6.45) is 6.48. The third-order valence-electron chi connectivity index (χ3n) is 6.04. The molecule has 0 bridgehead atoms. The molecule has 0 radical (unpaired) electrons. The lowest BCUT2D eigenvalue weighted by Crippen LogP contribution is -2.47. The number of anilines is 2. The average Bonchev–Trinajstić information content (AvgIpc) is 2.94. The summed E-state index contributed by atoms with van der Waals surface area (Å²) in [6, 6.07) is 7.09. The van der Waals surface area contributed by atoms with Crippen molar-refractivity contribution >= 4 is 17.9 Å². The molecule has 1 aliphatic heterocycles. The van der Waals surface area contributed by atoms with Gasteiger partial charge in [0.05, 0.1) is 38.9 Å². The zero-order valence-corrected chi connectivity index (χ0v) is 21.9. The molecule has 2 aromatic heterocycles. The van der Waals surface area contributed by atoms with Gasteiger partial charge in [0.2, 0.25) is 0 Å². The molecule has 1 atom stereocenters. The molecule has 4 rings (SSSR count). The van der Waals surface area contributed by atoms with E-state index in [1.807, 2.05) is 18.2 Å². The highest BCUT2D eigenvalue weighted by molar-refractivity contribution is 5.62. The van der Waals surface area contributed by atoms with E-state index in [1.165, 1.54) is 17.0 Å². The molecule has 0 saturated carbocycles.